The molecule has 0 N–H and O–H groups in total. The van der Waals surface area contributed by atoms with Crippen LogP contribution >= 0.6 is 11.6 Å². The number of carbonyl (C=O) groups is 2. The number of carbonyl (C=O) groups excluding carboxylic acids is 2. The third-order valence-corrected chi connectivity index (χ3v) is 5.45. The summed E-state index contributed by atoms with van der Waals surface area (Å²) in [6.45, 7) is 0. The lowest BCUT2D eigenvalue weighted by Gasteiger charge is -2.38. The molecule has 1 atom stereocenters. The number of nitrogens with zero attached hydrogens (tertiary/aromatic N) is 1. The van der Waals surface area contributed by atoms with Crippen molar-refractivity contribution < 1.29 is 18.4 Å². The quantitative estimate of drug-likeness (QED) is 0.715. The molecular formula is C21H16ClF2NO2. The zero-order chi connectivity index (χ0) is 19.1. The number of hydrogen-bond donors (Lipinski definition) is 0. The van der Waals surface area contributed by atoms with Gasteiger partial charge in [0, 0.05) is 41.1 Å². The minimum absolute atomic E-state index is 0.00508. The summed E-state index contributed by atoms with van der Waals surface area (Å²) in [6, 6.07) is 10.2. The van der Waals surface area contributed by atoms with Crippen LogP contribution in [0.4, 0.5) is 14.5 Å². The van der Waals surface area contributed by atoms with Crippen LogP contribution in [0.1, 0.15) is 37.2 Å². The Balaban J connectivity index is 1.90. The molecule has 0 aromatic heterocycles. The van der Waals surface area contributed by atoms with Gasteiger partial charge in [0.1, 0.15) is 11.6 Å². The maximum Gasteiger partial charge on any atom is 0.232 e. The fourth-order valence-electron chi connectivity index (χ4n) is 3.96. The van der Waals surface area contributed by atoms with Crippen LogP contribution in [0.5, 0.6) is 0 Å². The smallest absolute Gasteiger partial charge is 0.232 e. The Labute approximate surface area is 160 Å². The molecule has 6 heteroatoms. The zero-order valence-electron chi connectivity index (χ0n) is 14.3. The van der Waals surface area contributed by atoms with E-state index in [0.29, 0.717) is 35.6 Å². The molecular weight excluding hydrogens is 372 g/mol. The number of benzene rings is 2. The first-order chi connectivity index (χ1) is 13.0. The molecule has 1 heterocycles. The van der Waals surface area contributed by atoms with Crippen molar-refractivity contribution in [1.82, 2.24) is 0 Å². The standard InChI is InChI=1S/C21H16ClF2NO2/c22-15-5-2-1-4-13(15)14-11-20(27)25(17-9-8-12(23)10-16(17)24)18-6-3-7-19(26)21(14)18/h1-2,4-5,8-10,14H,3,6-7,11H2. The van der Waals surface area contributed by atoms with Crippen molar-refractivity contribution in [3.05, 3.63) is 76.0 Å². The summed E-state index contributed by atoms with van der Waals surface area (Å²) in [6.07, 6.45) is 1.45. The number of hydrogen-bond acceptors (Lipinski definition) is 2. The fourth-order valence-corrected chi connectivity index (χ4v) is 4.23. The van der Waals surface area contributed by atoms with E-state index in [0.717, 1.165) is 17.7 Å². The van der Waals surface area contributed by atoms with Crippen LogP contribution in [0.25, 0.3) is 0 Å². The summed E-state index contributed by atoms with van der Waals surface area (Å²) in [4.78, 5) is 27.0. The summed E-state index contributed by atoms with van der Waals surface area (Å²) in [5, 5.41) is 0.488. The van der Waals surface area contributed by atoms with E-state index < -0.39 is 17.6 Å². The van der Waals surface area contributed by atoms with Gasteiger partial charge in [-0.15, -0.1) is 0 Å². The van der Waals surface area contributed by atoms with Crippen LogP contribution in [0, 0.1) is 11.6 Å². The van der Waals surface area contributed by atoms with Crippen LogP contribution < -0.4 is 4.90 Å². The van der Waals surface area contributed by atoms with Crippen LogP contribution in [0.15, 0.2) is 53.7 Å². The van der Waals surface area contributed by atoms with E-state index in [9.17, 15) is 18.4 Å². The maximum absolute atomic E-state index is 14.4. The molecule has 0 saturated carbocycles. The second kappa shape index (κ2) is 6.89. The molecule has 0 spiro atoms. The van der Waals surface area contributed by atoms with Gasteiger partial charge in [0.25, 0.3) is 0 Å². The van der Waals surface area contributed by atoms with Crippen LogP contribution in [0.2, 0.25) is 5.02 Å². The molecule has 138 valence electrons. The third kappa shape index (κ3) is 3.06. The van der Waals surface area contributed by atoms with Gasteiger partial charge in [-0.25, -0.2) is 8.78 Å². The number of amides is 1. The normalized spacial score (nSPS) is 20.1. The summed E-state index contributed by atoms with van der Waals surface area (Å²) in [5.74, 6) is -2.39. The lowest BCUT2D eigenvalue weighted by molar-refractivity contribution is -0.120. The average Bonchev–Trinajstić information content (AvgIpc) is 2.63. The Kier molecular flexibility index (Phi) is 4.56. The fraction of sp³-hybridized carbons (Fsp3) is 0.238. The van der Waals surface area contributed by atoms with E-state index >= 15 is 0 Å². The van der Waals surface area contributed by atoms with E-state index in [-0.39, 0.29) is 23.8 Å². The van der Waals surface area contributed by atoms with Gasteiger partial charge >= 0.3 is 0 Å². The van der Waals surface area contributed by atoms with E-state index in [1.165, 1.54) is 11.0 Å². The number of anilines is 1. The highest BCUT2D eigenvalue weighted by atomic mass is 35.5. The first kappa shape index (κ1) is 17.9. The molecule has 3 nitrogen and oxygen atoms in total. The Hall–Kier alpha value is -2.53. The predicted octanol–water partition coefficient (Wildman–Crippen LogP) is 5.15. The van der Waals surface area contributed by atoms with Gasteiger partial charge < -0.3 is 0 Å². The highest BCUT2D eigenvalue weighted by molar-refractivity contribution is 6.31. The van der Waals surface area contributed by atoms with E-state index in [4.69, 9.17) is 11.6 Å². The van der Waals surface area contributed by atoms with Crippen molar-refractivity contribution >= 4 is 29.0 Å². The predicted molar refractivity (Wildman–Crippen MR) is 98.5 cm³/mol. The summed E-state index contributed by atoms with van der Waals surface area (Å²) >= 11 is 6.32. The number of Topliss-reactive ketones (excluding diaryl/α,β-unsaturated/α-hetero) is 1. The van der Waals surface area contributed by atoms with E-state index in [1.54, 1.807) is 18.2 Å². The van der Waals surface area contributed by atoms with Crippen LogP contribution in [-0.2, 0) is 9.59 Å². The molecule has 0 radical (unpaired) electrons. The van der Waals surface area contributed by atoms with Gasteiger partial charge in [0.2, 0.25) is 5.91 Å². The van der Waals surface area contributed by atoms with Crippen LogP contribution in [0.3, 0.4) is 0 Å². The van der Waals surface area contributed by atoms with Gasteiger partial charge in [0.05, 0.1) is 5.69 Å². The Morgan fingerprint density at radius 1 is 1.04 bits per heavy atom. The molecule has 1 unspecified atom stereocenters. The Bertz CT molecular complexity index is 986. The Morgan fingerprint density at radius 3 is 2.56 bits per heavy atom. The second-order valence-electron chi connectivity index (χ2n) is 6.74. The first-order valence-corrected chi connectivity index (χ1v) is 9.14. The van der Waals surface area contributed by atoms with E-state index in [2.05, 4.69) is 0 Å². The van der Waals surface area contributed by atoms with Crippen molar-refractivity contribution in [2.24, 2.45) is 0 Å². The van der Waals surface area contributed by atoms with Gasteiger partial charge in [0.15, 0.2) is 5.78 Å². The molecule has 0 saturated heterocycles. The molecule has 1 aliphatic carbocycles. The molecule has 2 aromatic rings. The lowest BCUT2D eigenvalue weighted by atomic mass is 9.77. The first-order valence-electron chi connectivity index (χ1n) is 8.76. The van der Waals surface area contributed by atoms with Crippen molar-refractivity contribution in [1.29, 1.82) is 0 Å². The van der Waals surface area contributed by atoms with Gasteiger partial charge in [-0.2, -0.15) is 0 Å². The molecule has 4 rings (SSSR count). The number of allylic oxidation sites excluding steroid dienone is 2. The van der Waals surface area contributed by atoms with Crippen molar-refractivity contribution in [2.75, 3.05) is 4.90 Å². The highest BCUT2D eigenvalue weighted by Crippen LogP contribution is 2.45. The summed E-state index contributed by atoms with van der Waals surface area (Å²) in [7, 11) is 0. The average molecular weight is 388 g/mol. The maximum atomic E-state index is 14.4. The van der Waals surface area contributed by atoms with Crippen molar-refractivity contribution in [3.63, 3.8) is 0 Å². The molecule has 0 fully saturated rings. The lowest BCUT2D eigenvalue weighted by Crippen LogP contribution is -2.41. The van der Waals surface area contributed by atoms with Gasteiger partial charge in [-0.3, -0.25) is 14.5 Å². The molecule has 2 aliphatic rings. The molecule has 27 heavy (non-hydrogen) atoms. The molecule has 1 amide bonds. The third-order valence-electron chi connectivity index (χ3n) is 5.11. The number of rotatable bonds is 2. The zero-order valence-corrected chi connectivity index (χ0v) is 15.1. The second-order valence-corrected chi connectivity index (χ2v) is 7.15. The molecule has 0 bridgehead atoms. The summed E-state index contributed by atoms with van der Waals surface area (Å²) < 4.78 is 27.7. The van der Waals surface area contributed by atoms with Crippen molar-refractivity contribution in [3.8, 4) is 0 Å². The molecule has 2 aromatic carbocycles. The largest absolute Gasteiger partial charge is 0.294 e. The van der Waals surface area contributed by atoms with Crippen molar-refractivity contribution in [2.45, 2.75) is 31.6 Å². The van der Waals surface area contributed by atoms with Crippen LogP contribution in [-0.4, -0.2) is 11.7 Å². The number of ketones is 1. The number of halogens is 3. The van der Waals surface area contributed by atoms with E-state index in [1.807, 2.05) is 6.07 Å². The topological polar surface area (TPSA) is 37.4 Å². The minimum Gasteiger partial charge on any atom is -0.294 e. The van der Waals surface area contributed by atoms with Gasteiger partial charge in [-0.1, -0.05) is 29.8 Å². The monoisotopic (exact) mass is 387 g/mol. The highest BCUT2D eigenvalue weighted by Gasteiger charge is 2.40. The SMILES string of the molecule is O=C1CCCC2=C1C(c1ccccc1Cl)CC(=O)N2c1ccc(F)cc1F. The minimum atomic E-state index is -0.829. The summed E-state index contributed by atoms with van der Waals surface area (Å²) in [5.41, 5.74) is 1.70. The molecule has 1 aliphatic heterocycles. The van der Waals surface area contributed by atoms with Gasteiger partial charge in [-0.05, 0) is 36.6 Å². The Morgan fingerprint density at radius 2 is 1.81 bits per heavy atom.